The number of hydrogen-bond acceptors (Lipinski definition) is 4. The summed E-state index contributed by atoms with van der Waals surface area (Å²) in [4.78, 5) is 2.48. The third-order valence-electron chi connectivity index (χ3n) is 4.93. The van der Waals surface area contributed by atoms with Crippen molar-refractivity contribution >= 4 is 0 Å². The molecule has 0 spiro atoms. The minimum Gasteiger partial charge on any atom is -0.396 e. The average molecular weight is 316 g/mol. The first-order valence-corrected chi connectivity index (χ1v) is 8.67. The Morgan fingerprint density at radius 1 is 1.26 bits per heavy atom. The van der Waals surface area contributed by atoms with Gasteiger partial charge in [0.1, 0.15) is 0 Å². The van der Waals surface area contributed by atoms with Gasteiger partial charge in [-0.1, -0.05) is 36.4 Å². The van der Waals surface area contributed by atoms with Crippen LogP contribution in [-0.2, 0) is 4.74 Å². The van der Waals surface area contributed by atoms with Crippen LogP contribution in [0, 0.1) is 12.8 Å². The molecule has 0 aromatic heterocycles. The second-order valence-electron chi connectivity index (χ2n) is 6.66. The van der Waals surface area contributed by atoms with Gasteiger partial charge in [0, 0.05) is 44.2 Å². The van der Waals surface area contributed by atoms with Crippen molar-refractivity contribution in [3.63, 3.8) is 0 Å². The highest BCUT2D eigenvalue weighted by Crippen LogP contribution is 2.24. The minimum atomic E-state index is 0.243. The highest BCUT2D eigenvalue weighted by molar-refractivity contribution is 5.29. The van der Waals surface area contributed by atoms with Gasteiger partial charge >= 0.3 is 0 Å². The Morgan fingerprint density at radius 2 is 2.04 bits per heavy atom. The lowest BCUT2D eigenvalue weighted by Crippen LogP contribution is -2.44. The second-order valence-corrected chi connectivity index (χ2v) is 6.66. The number of aliphatic hydroxyl groups is 1. The molecular formula is C19H28N2O2. The maximum absolute atomic E-state index is 9.34. The van der Waals surface area contributed by atoms with Gasteiger partial charge in [-0.3, -0.25) is 4.90 Å². The summed E-state index contributed by atoms with van der Waals surface area (Å²) in [6, 6.07) is 9.29. The Balaban J connectivity index is 1.70. The number of hydrogen-bond donors (Lipinski definition) is 2. The fraction of sp³-hybridized carbons (Fsp3) is 0.579. The van der Waals surface area contributed by atoms with E-state index in [-0.39, 0.29) is 6.61 Å². The first kappa shape index (κ1) is 16.7. The van der Waals surface area contributed by atoms with Crippen LogP contribution in [0.2, 0.25) is 0 Å². The quantitative estimate of drug-likeness (QED) is 0.787. The van der Waals surface area contributed by atoms with Crippen molar-refractivity contribution < 1.29 is 9.84 Å². The molecule has 2 aliphatic rings. The van der Waals surface area contributed by atoms with E-state index in [0.29, 0.717) is 18.0 Å². The SMILES string of the molecule is Cc1ccccc1C(CN1CCOCC1)N[C@@H]1C=C[C@H](CO)C1. The molecule has 126 valence electrons. The summed E-state index contributed by atoms with van der Waals surface area (Å²) in [5.41, 5.74) is 2.71. The van der Waals surface area contributed by atoms with Gasteiger partial charge in [0.05, 0.1) is 13.2 Å². The molecule has 1 fully saturated rings. The van der Waals surface area contributed by atoms with E-state index in [1.165, 1.54) is 11.1 Å². The topological polar surface area (TPSA) is 44.7 Å². The Labute approximate surface area is 139 Å². The van der Waals surface area contributed by atoms with E-state index in [2.05, 4.69) is 53.6 Å². The first-order valence-electron chi connectivity index (χ1n) is 8.67. The van der Waals surface area contributed by atoms with Crippen molar-refractivity contribution in [3.05, 3.63) is 47.5 Å². The van der Waals surface area contributed by atoms with Crippen molar-refractivity contribution in [1.82, 2.24) is 10.2 Å². The maximum Gasteiger partial charge on any atom is 0.0594 e. The van der Waals surface area contributed by atoms with Gasteiger partial charge in [0.15, 0.2) is 0 Å². The standard InChI is InChI=1S/C19H28N2O2/c1-15-4-2-3-5-18(15)19(13-21-8-10-23-11-9-21)20-17-7-6-16(12-17)14-22/h2-7,16-17,19-20,22H,8-14H2,1H3/t16-,17+,19?/m0/s1. The molecule has 3 atom stereocenters. The van der Waals surface area contributed by atoms with E-state index in [4.69, 9.17) is 4.74 Å². The molecule has 4 nitrogen and oxygen atoms in total. The number of rotatable bonds is 6. The van der Waals surface area contributed by atoms with Gasteiger partial charge < -0.3 is 15.2 Å². The van der Waals surface area contributed by atoms with Crippen LogP contribution in [0.25, 0.3) is 0 Å². The highest BCUT2D eigenvalue weighted by atomic mass is 16.5. The Bertz CT molecular complexity index is 526. The largest absolute Gasteiger partial charge is 0.396 e. The van der Waals surface area contributed by atoms with Crippen LogP contribution in [0.3, 0.4) is 0 Å². The van der Waals surface area contributed by atoms with Crippen molar-refractivity contribution in [2.24, 2.45) is 5.92 Å². The predicted octanol–water partition coefficient (Wildman–Crippen LogP) is 1.89. The molecule has 0 saturated carbocycles. The predicted molar refractivity (Wildman–Crippen MR) is 92.4 cm³/mol. The van der Waals surface area contributed by atoms with Crippen LogP contribution in [0.1, 0.15) is 23.6 Å². The van der Waals surface area contributed by atoms with Crippen LogP contribution in [0.15, 0.2) is 36.4 Å². The summed E-state index contributed by atoms with van der Waals surface area (Å²) >= 11 is 0. The third kappa shape index (κ3) is 4.42. The molecule has 1 aliphatic carbocycles. The van der Waals surface area contributed by atoms with Crippen molar-refractivity contribution in [2.45, 2.75) is 25.4 Å². The lowest BCUT2D eigenvalue weighted by molar-refractivity contribution is 0.0329. The monoisotopic (exact) mass is 316 g/mol. The molecule has 2 N–H and O–H groups in total. The fourth-order valence-electron chi connectivity index (χ4n) is 3.55. The number of aryl methyl sites for hydroxylation is 1. The number of aliphatic hydroxyl groups excluding tert-OH is 1. The molecule has 4 heteroatoms. The molecule has 23 heavy (non-hydrogen) atoms. The smallest absolute Gasteiger partial charge is 0.0594 e. The zero-order chi connectivity index (χ0) is 16.1. The van der Waals surface area contributed by atoms with E-state index < -0.39 is 0 Å². The summed E-state index contributed by atoms with van der Waals surface area (Å²) in [5, 5.41) is 13.1. The van der Waals surface area contributed by atoms with Gasteiger partial charge in [-0.2, -0.15) is 0 Å². The zero-order valence-electron chi connectivity index (χ0n) is 13.9. The van der Waals surface area contributed by atoms with Crippen LogP contribution in [0.5, 0.6) is 0 Å². The molecule has 1 heterocycles. The molecular weight excluding hydrogens is 288 g/mol. The third-order valence-corrected chi connectivity index (χ3v) is 4.93. The van der Waals surface area contributed by atoms with Crippen molar-refractivity contribution in [2.75, 3.05) is 39.5 Å². The first-order chi connectivity index (χ1) is 11.3. The molecule has 1 aromatic carbocycles. The van der Waals surface area contributed by atoms with E-state index in [9.17, 15) is 5.11 Å². The van der Waals surface area contributed by atoms with Gasteiger partial charge in [0.25, 0.3) is 0 Å². The lowest BCUT2D eigenvalue weighted by atomic mass is 9.99. The molecule has 1 saturated heterocycles. The van der Waals surface area contributed by atoms with Gasteiger partial charge in [0.2, 0.25) is 0 Å². The average Bonchev–Trinajstić information content (AvgIpc) is 3.03. The van der Waals surface area contributed by atoms with Crippen LogP contribution in [0.4, 0.5) is 0 Å². The number of ether oxygens (including phenoxy) is 1. The normalized spacial score (nSPS) is 26.5. The summed E-state index contributed by atoms with van der Waals surface area (Å²) in [6.07, 6.45) is 5.34. The van der Waals surface area contributed by atoms with E-state index in [1.54, 1.807) is 0 Å². The molecule has 0 bridgehead atoms. The summed E-state index contributed by atoms with van der Waals surface area (Å²) < 4.78 is 5.47. The number of nitrogens with zero attached hydrogens (tertiary/aromatic N) is 1. The number of nitrogens with one attached hydrogen (secondary N) is 1. The zero-order valence-corrected chi connectivity index (χ0v) is 13.9. The summed E-state index contributed by atoms with van der Waals surface area (Å²) in [5.74, 6) is 0.299. The Morgan fingerprint density at radius 3 is 2.74 bits per heavy atom. The van der Waals surface area contributed by atoms with Gasteiger partial charge in [-0.15, -0.1) is 0 Å². The molecule has 0 radical (unpaired) electrons. The van der Waals surface area contributed by atoms with Crippen LogP contribution < -0.4 is 5.32 Å². The molecule has 1 aliphatic heterocycles. The Hall–Kier alpha value is -1.20. The summed E-state index contributed by atoms with van der Waals surface area (Å²) in [6.45, 7) is 7.10. The molecule has 0 amide bonds. The van der Waals surface area contributed by atoms with Crippen LogP contribution in [-0.4, -0.2) is 55.5 Å². The Kier molecular flexibility index (Phi) is 5.84. The fourth-order valence-corrected chi connectivity index (χ4v) is 3.55. The second kappa shape index (κ2) is 8.06. The molecule has 3 rings (SSSR count). The molecule has 1 aromatic rings. The maximum atomic E-state index is 9.34. The van der Waals surface area contributed by atoms with Crippen molar-refractivity contribution in [3.8, 4) is 0 Å². The lowest BCUT2D eigenvalue weighted by Gasteiger charge is -2.33. The molecule has 1 unspecified atom stereocenters. The van der Waals surface area contributed by atoms with Gasteiger partial charge in [-0.25, -0.2) is 0 Å². The van der Waals surface area contributed by atoms with E-state index in [0.717, 1.165) is 39.3 Å². The van der Waals surface area contributed by atoms with Gasteiger partial charge in [-0.05, 0) is 24.5 Å². The number of benzene rings is 1. The van der Waals surface area contributed by atoms with E-state index in [1.807, 2.05) is 0 Å². The van der Waals surface area contributed by atoms with E-state index >= 15 is 0 Å². The van der Waals surface area contributed by atoms with Crippen LogP contribution >= 0.6 is 0 Å². The minimum absolute atomic E-state index is 0.243. The van der Waals surface area contributed by atoms with Crippen molar-refractivity contribution in [1.29, 1.82) is 0 Å². The summed E-state index contributed by atoms with van der Waals surface area (Å²) in [7, 11) is 0. The highest BCUT2D eigenvalue weighted by Gasteiger charge is 2.24. The number of morpholine rings is 1.